The summed E-state index contributed by atoms with van der Waals surface area (Å²) in [5, 5.41) is 2.89. The van der Waals surface area contributed by atoms with Crippen molar-refractivity contribution in [2.45, 2.75) is 56.8 Å². The van der Waals surface area contributed by atoms with Crippen LogP contribution in [0.25, 0.3) is 0 Å². The van der Waals surface area contributed by atoms with Crippen LogP contribution < -0.4 is 15.8 Å². The molecule has 5 heteroatoms. The van der Waals surface area contributed by atoms with E-state index in [2.05, 4.69) is 5.32 Å². The van der Waals surface area contributed by atoms with Gasteiger partial charge in [0.05, 0.1) is 12.2 Å². The first-order chi connectivity index (χ1) is 10.7. The third kappa shape index (κ3) is 3.78. The van der Waals surface area contributed by atoms with Crippen LogP contribution in [0.5, 0.6) is 5.75 Å². The molecule has 0 bridgehead atoms. The van der Waals surface area contributed by atoms with Gasteiger partial charge < -0.3 is 20.5 Å². The van der Waals surface area contributed by atoms with E-state index in [0.717, 1.165) is 37.1 Å². The van der Waals surface area contributed by atoms with Gasteiger partial charge in [0.15, 0.2) is 0 Å². The van der Waals surface area contributed by atoms with Crippen LogP contribution in [0, 0.1) is 0 Å². The maximum Gasteiger partial charge on any atom is 0.253 e. The van der Waals surface area contributed by atoms with Crippen molar-refractivity contribution in [2.75, 3.05) is 11.9 Å². The SMILES string of the molecule is NC[C@H]1CC[C@@H](C(=O)Nc2ccc(OC3CCCC3)cc2)O1. The Morgan fingerprint density at radius 3 is 2.55 bits per heavy atom. The zero-order valence-corrected chi connectivity index (χ0v) is 12.8. The van der Waals surface area contributed by atoms with Crippen LogP contribution >= 0.6 is 0 Å². The van der Waals surface area contributed by atoms with Gasteiger partial charge in [-0.2, -0.15) is 0 Å². The first-order valence-electron chi connectivity index (χ1n) is 8.17. The predicted octanol–water partition coefficient (Wildman–Crippen LogP) is 2.45. The topological polar surface area (TPSA) is 73.6 Å². The highest BCUT2D eigenvalue weighted by atomic mass is 16.5. The molecule has 1 saturated carbocycles. The molecule has 1 aromatic rings. The van der Waals surface area contributed by atoms with Gasteiger partial charge in [0.25, 0.3) is 5.91 Å². The van der Waals surface area contributed by atoms with Crippen molar-refractivity contribution in [2.24, 2.45) is 5.73 Å². The Morgan fingerprint density at radius 1 is 1.18 bits per heavy atom. The Labute approximate surface area is 131 Å². The minimum atomic E-state index is -0.386. The number of nitrogens with one attached hydrogen (secondary N) is 1. The number of hydrogen-bond acceptors (Lipinski definition) is 4. The Kier molecular flexibility index (Phi) is 4.95. The Bertz CT molecular complexity index is 497. The standard InChI is InChI=1S/C17H24N2O3/c18-11-15-9-10-16(22-15)17(20)19-12-5-7-14(8-6-12)21-13-3-1-2-4-13/h5-8,13,15-16H,1-4,9-11,18H2,(H,19,20)/t15-,16+/m1/s1. The van der Waals surface area contributed by atoms with Gasteiger partial charge in [-0.05, 0) is 62.8 Å². The van der Waals surface area contributed by atoms with Gasteiger partial charge in [0.2, 0.25) is 0 Å². The number of carbonyl (C=O) groups excluding carboxylic acids is 1. The van der Waals surface area contributed by atoms with E-state index in [4.69, 9.17) is 15.2 Å². The van der Waals surface area contributed by atoms with E-state index in [1.807, 2.05) is 24.3 Å². The molecule has 2 atom stereocenters. The van der Waals surface area contributed by atoms with E-state index in [-0.39, 0.29) is 18.1 Å². The van der Waals surface area contributed by atoms with Crippen LogP contribution in [0.4, 0.5) is 5.69 Å². The number of nitrogens with two attached hydrogens (primary N) is 1. The summed E-state index contributed by atoms with van der Waals surface area (Å²) in [6.45, 7) is 0.469. The molecule has 3 rings (SSSR count). The van der Waals surface area contributed by atoms with Crippen molar-refractivity contribution in [3.8, 4) is 5.75 Å². The quantitative estimate of drug-likeness (QED) is 0.876. The normalized spacial score (nSPS) is 25.3. The summed E-state index contributed by atoms with van der Waals surface area (Å²) in [4.78, 5) is 12.1. The lowest BCUT2D eigenvalue weighted by Crippen LogP contribution is -2.29. The number of amides is 1. The molecule has 22 heavy (non-hydrogen) atoms. The Hall–Kier alpha value is -1.59. The number of ether oxygens (including phenoxy) is 2. The van der Waals surface area contributed by atoms with Crippen LogP contribution in [0.3, 0.4) is 0 Å². The smallest absolute Gasteiger partial charge is 0.253 e. The second kappa shape index (κ2) is 7.11. The number of carbonyl (C=O) groups is 1. The fraction of sp³-hybridized carbons (Fsp3) is 0.588. The van der Waals surface area contributed by atoms with Crippen LogP contribution in [0.1, 0.15) is 38.5 Å². The zero-order chi connectivity index (χ0) is 15.4. The summed E-state index contributed by atoms with van der Waals surface area (Å²) in [5.41, 5.74) is 6.33. The van der Waals surface area contributed by atoms with Gasteiger partial charge >= 0.3 is 0 Å². The van der Waals surface area contributed by atoms with E-state index >= 15 is 0 Å². The molecule has 1 heterocycles. The average molecular weight is 304 g/mol. The first-order valence-corrected chi connectivity index (χ1v) is 8.17. The lowest BCUT2D eigenvalue weighted by molar-refractivity contribution is -0.126. The molecule has 0 aromatic heterocycles. The highest BCUT2D eigenvalue weighted by molar-refractivity contribution is 5.94. The largest absolute Gasteiger partial charge is 0.490 e. The third-order valence-corrected chi connectivity index (χ3v) is 4.39. The summed E-state index contributed by atoms with van der Waals surface area (Å²) in [6, 6.07) is 7.56. The van der Waals surface area contributed by atoms with Gasteiger partial charge in [-0.15, -0.1) is 0 Å². The molecule has 3 N–H and O–H groups in total. The highest BCUT2D eigenvalue weighted by Gasteiger charge is 2.29. The van der Waals surface area contributed by atoms with Gasteiger partial charge in [-0.3, -0.25) is 4.79 Å². The van der Waals surface area contributed by atoms with Gasteiger partial charge in [0, 0.05) is 12.2 Å². The average Bonchev–Trinajstić information content (AvgIpc) is 3.20. The minimum Gasteiger partial charge on any atom is -0.490 e. The van der Waals surface area contributed by atoms with Gasteiger partial charge in [-0.1, -0.05) is 0 Å². The molecule has 1 aliphatic carbocycles. The summed E-state index contributed by atoms with van der Waals surface area (Å²) >= 11 is 0. The second-order valence-corrected chi connectivity index (χ2v) is 6.10. The van der Waals surface area contributed by atoms with Crippen LogP contribution in [-0.2, 0) is 9.53 Å². The molecule has 0 spiro atoms. The lowest BCUT2D eigenvalue weighted by atomic mass is 10.2. The van der Waals surface area contributed by atoms with Crippen molar-refractivity contribution in [1.82, 2.24) is 0 Å². The Balaban J connectivity index is 1.51. The van der Waals surface area contributed by atoms with E-state index in [0.29, 0.717) is 12.6 Å². The zero-order valence-electron chi connectivity index (χ0n) is 12.8. The second-order valence-electron chi connectivity index (χ2n) is 6.10. The Morgan fingerprint density at radius 2 is 1.91 bits per heavy atom. The molecule has 0 radical (unpaired) electrons. The molecular formula is C17H24N2O3. The molecule has 1 aromatic carbocycles. The maximum atomic E-state index is 12.1. The fourth-order valence-corrected chi connectivity index (χ4v) is 3.11. The van der Waals surface area contributed by atoms with Crippen LogP contribution in [0.2, 0.25) is 0 Å². The molecular weight excluding hydrogens is 280 g/mol. The van der Waals surface area contributed by atoms with E-state index < -0.39 is 0 Å². The van der Waals surface area contributed by atoms with E-state index in [1.54, 1.807) is 0 Å². The molecule has 0 unspecified atom stereocenters. The van der Waals surface area contributed by atoms with Crippen molar-refractivity contribution < 1.29 is 14.3 Å². The number of anilines is 1. The summed E-state index contributed by atoms with van der Waals surface area (Å²) in [7, 11) is 0. The molecule has 5 nitrogen and oxygen atoms in total. The monoisotopic (exact) mass is 304 g/mol. The molecule has 2 fully saturated rings. The number of hydrogen-bond donors (Lipinski definition) is 2. The maximum absolute atomic E-state index is 12.1. The summed E-state index contributed by atoms with van der Waals surface area (Å²) < 4.78 is 11.5. The third-order valence-electron chi connectivity index (χ3n) is 4.39. The van der Waals surface area contributed by atoms with Crippen molar-refractivity contribution in [3.63, 3.8) is 0 Å². The molecule has 120 valence electrons. The highest BCUT2D eigenvalue weighted by Crippen LogP contribution is 2.25. The van der Waals surface area contributed by atoms with Crippen molar-refractivity contribution in [3.05, 3.63) is 24.3 Å². The molecule has 1 amide bonds. The van der Waals surface area contributed by atoms with E-state index in [1.165, 1.54) is 12.8 Å². The number of benzene rings is 1. The van der Waals surface area contributed by atoms with Crippen LogP contribution in [0.15, 0.2) is 24.3 Å². The summed E-state index contributed by atoms with van der Waals surface area (Å²) in [6.07, 6.45) is 6.34. The van der Waals surface area contributed by atoms with Crippen molar-refractivity contribution >= 4 is 11.6 Å². The summed E-state index contributed by atoms with van der Waals surface area (Å²) in [5.74, 6) is 0.769. The fourth-order valence-electron chi connectivity index (χ4n) is 3.11. The molecule has 2 aliphatic rings. The first kappa shape index (κ1) is 15.3. The minimum absolute atomic E-state index is 0.0120. The molecule has 1 saturated heterocycles. The van der Waals surface area contributed by atoms with Crippen LogP contribution in [-0.4, -0.2) is 30.8 Å². The van der Waals surface area contributed by atoms with Crippen molar-refractivity contribution in [1.29, 1.82) is 0 Å². The number of rotatable bonds is 5. The predicted molar refractivity (Wildman–Crippen MR) is 84.9 cm³/mol. The van der Waals surface area contributed by atoms with Gasteiger partial charge in [0.1, 0.15) is 11.9 Å². The molecule has 1 aliphatic heterocycles. The lowest BCUT2D eigenvalue weighted by Gasteiger charge is -2.15. The van der Waals surface area contributed by atoms with Gasteiger partial charge in [-0.25, -0.2) is 0 Å². The van der Waals surface area contributed by atoms with E-state index in [9.17, 15) is 4.79 Å².